The van der Waals surface area contributed by atoms with Crippen LogP contribution in [-0.4, -0.2) is 35.1 Å². The average molecular weight is 367 g/mol. The summed E-state index contributed by atoms with van der Waals surface area (Å²) >= 11 is 0. The van der Waals surface area contributed by atoms with E-state index in [0.29, 0.717) is 24.2 Å². The van der Waals surface area contributed by atoms with Crippen LogP contribution in [0.5, 0.6) is 0 Å². The largest absolute Gasteiger partial charge is 0.363 e. The Bertz CT molecular complexity index is 1130. The number of benzene rings is 2. The van der Waals surface area contributed by atoms with Crippen molar-refractivity contribution in [1.29, 1.82) is 0 Å². The van der Waals surface area contributed by atoms with Crippen LogP contribution in [0, 0.1) is 6.20 Å². The number of rotatable bonds is 3. The number of carbonyl (C=O) groups excluding carboxylic acids is 1. The first kappa shape index (κ1) is 16.6. The van der Waals surface area contributed by atoms with E-state index in [0.717, 1.165) is 10.8 Å². The molecule has 1 aliphatic heterocycles. The molecule has 1 radical (unpaired) electrons. The monoisotopic (exact) mass is 367 g/mol. The number of aromatic nitrogens is 2. The lowest BCUT2D eigenvalue weighted by Crippen LogP contribution is -2.37. The first-order valence-corrected chi connectivity index (χ1v) is 9.45. The van der Waals surface area contributed by atoms with E-state index >= 15 is 0 Å². The summed E-state index contributed by atoms with van der Waals surface area (Å²) in [5, 5.41) is 1.83. The van der Waals surface area contributed by atoms with Crippen LogP contribution in [-0.2, 0) is 23.0 Å². The van der Waals surface area contributed by atoms with Crippen molar-refractivity contribution >= 4 is 26.7 Å². The van der Waals surface area contributed by atoms with Crippen molar-refractivity contribution in [1.82, 2.24) is 14.3 Å². The van der Waals surface area contributed by atoms with Gasteiger partial charge in [0.1, 0.15) is 0 Å². The zero-order valence-electron chi connectivity index (χ0n) is 13.7. The number of hydrogen-bond acceptors (Lipinski definition) is 5. The predicted octanol–water partition coefficient (Wildman–Crippen LogP) is 1.28. The highest BCUT2D eigenvalue weighted by molar-refractivity contribution is 7.89. The number of fused-ring (bicyclic) bond motifs is 2. The Hall–Kier alpha value is -2.84. The molecule has 0 spiro atoms. The lowest BCUT2D eigenvalue weighted by molar-refractivity contribution is 0.0989. The fraction of sp³-hybridized carbons (Fsp3) is 0.167. The summed E-state index contributed by atoms with van der Waals surface area (Å²) in [4.78, 5) is 19.4. The van der Waals surface area contributed by atoms with Gasteiger partial charge in [-0.3, -0.25) is 4.79 Å². The summed E-state index contributed by atoms with van der Waals surface area (Å²) in [7, 11) is -3.69. The molecule has 0 atom stereocenters. The second-order valence-electron chi connectivity index (χ2n) is 6.05. The van der Waals surface area contributed by atoms with Crippen molar-refractivity contribution in [3.8, 4) is 0 Å². The molecule has 1 aliphatic rings. The topological polar surface area (TPSA) is 106 Å². The van der Waals surface area contributed by atoms with Gasteiger partial charge in [0.25, 0.3) is 5.91 Å². The van der Waals surface area contributed by atoms with E-state index in [1.165, 1.54) is 4.31 Å². The lowest BCUT2D eigenvalue weighted by atomic mass is 10.1. The summed E-state index contributed by atoms with van der Waals surface area (Å²) in [6.07, 6.45) is 3.17. The molecule has 1 aromatic heterocycles. The molecule has 26 heavy (non-hydrogen) atoms. The first-order valence-electron chi connectivity index (χ1n) is 8.01. The predicted molar refractivity (Wildman–Crippen MR) is 94.6 cm³/mol. The SMILES string of the molecule is NC(=O)c1n[c]c2c(n1)CN(S(=O)(=O)c1ccc3ccccc3c1)CC2. The molecule has 7 nitrogen and oxygen atoms in total. The Labute approximate surface area is 150 Å². The third-order valence-corrected chi connectivity index (χ3v) is 6.24. The van der Waals surface area contributed by atoms with Gasteiger partial charge in [-0.2, -0.15) is 4.31 Å². The van der Waals surface area contributed by atoms with E-state index in [1.54, 1.807) is 18.2 Å². The van der Waals surface area contributed by atoms with E-state index in [-0.39, 0.29) is 17.3 Å². The highest BCUT2D eigenvalue weighted by atomic mass is 32.2. The molecular formula is C18H15N4O3S. The summed E-state index contributed by atoms with van der Waals surface area (Å²) < 4.78 is 27.4. The van der Waals surface area contributed by atoms with Gasteiger partial charge < -0.3 is 5.73 Å². The second kappa shape index (κ2) is 6.15. The molecular weight excluding hydrogens is 352 g/mol. The zero-order valence-corrected chi connectivity index (χ0v) is 14.5. The van der Waals surface area contributed by atoms with Gasteiger partial charge in [-0.15, -0.1) is 0 Å². The van der Waals surface area contributed by atoms with Crippen LogP contribution in [0.4, 0.5) is 0 Å². The van der Waals surface area contributed by atoms with Crippen LogP contribution in [0.3, 0.4) is 0 Å². The standard InChI is InChI=1S/C18H15N4O3S/c19-17(23)18-20-10-14-7-8-22(11-16(14)21-18)26(24,25)15-6-5-12-3-1-2-4-13(12)9-15/h1-6,9H,7-8,11H2,(H2,19,23). The van der Waals surface area contributed by atoms with Crippen LogP contribution < -0.4 is 5.73 Å². The molecule has 2 N–H and O–H groups in total. The van der Waals surface area contributed by atoms with Crippen LogP contribution in [0.1, 0.15) is 21.9 Å². The van der Waals surface area contributed by atoms with Crippen molar-refractivity contribution in [2.45, 2.75) is 17.9 Å². The second-order valence-corrected chi connectivity index (χ2v) is 7.98. The van der Waals surface area contributed by atoms with Crippen LogP contribution >= 0.6 is 0 Å². The Morgan fingerprint density at radius 1 is 1.15 bits per heavy atom. The molecule has 1 amide bonds. The third-order valence-electron chi connectivity index (χ3n) is 4.40. The van der Waals surface area contributed by atoms with Crippen molar-refractivity contribution in [2.24, 2.45) is 5.73 Å². The minimum absolute atomic E-state index is 0.0593. The van der Waals surface area contributed by atoms with Crippen molar-refractivity contribution in [2.75, 3.05) is 6.54 Å². The Morgan fingerprint density at radius 2 is 1.92 bits per heavy atom. The van der Waals surface area contributed by atoms with Crippen LogP contribution in [0.2, 0.25) is 0 Å². The molecule has 0 bridgehead atoms. The summed E-state index contributed by atoms with van der Waals surface area (Å²) in [6, 6.07) is 12.7. The normalized spacial score (nSPS) is 14.9. The molecule has 131 valence electrons. The third kappa shape index (κ3) is 2.83. The van der Waals surface area contributed by atoms with Gasteiger partial charge in [-0.25, -0.2) is 18.4 Å². The van der Waals surface area contributed by atoms with Gasteiger partial charge in [0.2, 0.25) is 15.8 Å². The molecule has 2 heterocycles. The molecule has 8 heteroatoms. The average Bonchev–Trinajstić information content (AvgIpc) is 2.66. The van der Waals surface area contributed by atoms with E-state index in [9.17, 15) is 13.2 Å². The van der Waals surface area contributed by atoms with Crippen LogP contribution in [0.25, 0.3) is 10.8 Å². The lowest BCUT2D eigenvalue weighted by Gasteiger charge is -2.27. The zero-order chi connectivity index (χ0) is 18.3. The highest BCUT2D eigenvalue weighted by Crippen LogP contribution is 2.26. The molecule has 4 rings (SSSR count). The molecule has 0 saturated heterocycles. The van der Waals surface area contributed by atoms with Gasteiger partial charge in [0.05, 0.1) is 23.3 Å². The molecule has 0 saturated carbocycles. The highest BCUT2D eigenvalue weighted by Gasteiger charge is 2.30. The minimum Gasteiger partial charge on any atom is -0.363 e. The van der Waals surface area contributed by atoms with E-state index < -0.39 is 15.9 Å². The number of amides is 1. The maximum Gasteiger partial charge on any atom is 0.286 e. The van der Waals surface area contributed by atoms with Gasteiger partial charge >= 0.3 is 0 Å². The van der Waals surface area contributed by atoms with Crippen molar-refractivity contribution in [3.63, 3.8) is 0 Å². The number of sulfonamides is 1. The van der Waals surface area contributed by atoms with E-state index in [2.05, 4.69) is 16.2 Å². The van der Waals surface area contributed by atoms with Gasteiger partial charge in [0.15, 0.2) is 0 Å². The molecule has 0 unspecified atom stereocenters. The molecule has 0 aliphatic carbocycles. The van der Waals surface area contributed by atoms with Gasteiger partial charge in [0, 0.05) is 12.1 Å². The maximum atomic E-state index is 13.0. The Kier molecular flexibility index (Phi) is 3.93. The summed E-state index contributed by atoms with van der Waals surface area (Å²) in [5.41, 5.74) is 6.37. The number of nitrogens with zero attached hydrogens (tertiary/aromatic N) is 3. The van der Waals surface area contributed by atoms with Gasteiger partial charge in [-0.05, 0) is 29.3 Å². The molecule has 0 fully saturated rings. The first-order chi connectivity index (χ1) is 12.4. The van der Waals surface area contributed by atoms with Crippen molar-refractivity contribution in [3.05, 3.63) is 65.7 Å². The number of carbonyl (C=O) groups is 1. The Morgan fingerprint density at radius 3 is 2.69 bits per heavy atom. The van der Waals surface area contributed by atoms with E-state index in [4.69, 9.17) is 5.73 Å². The minimum atomic E-state index is -3.69. The van der Waals surface area contributed by atoms with Gasteiger partial charge in [-0.1, -0.05) is 30.3 Å². The number of nitrogens with two attached hydrogens (primary N) is 1. The molecule has 3 aromatic rings. The number of hydrogen-bond donors (Lipinski definition) is 1. The Balaban J connectivity index is 1.70. The fourth-order valence-electron chi connectivity index (χ4n) is 3.01. The quantitative estimate of drug-likeness (QED) is 0.750. The van der Waals surface area contributed by atoms with E-state index in [1.807, 2.05) is 24.3 Å². The smallest absolute Gasteiger partial charge is 0.286 e. The number of primary amides is 1. The molecule has 2 aromatic carbocycles. The maximum absolute atomic E-state index is 13.0. The fourth-order valence-corrected chi connectivity index (χ4v) is 4.45. The van der Waals surface area contributed by atoms with Crippen molar-refractivity contribution < 1.29 is 13.2 Å². The van der Waals surface area contributed by atoms with Crippen LogP contribution in [0.15, 0.2) is 47.4 Å². The summed E-state index contributed by atoms with van der Waals surface area (Å²) in [6.45, 7) is 0.363. The summed E-state index contributed by atoms with van der Waals surface area (Å²) in [5.74, 6) is -0.924.